The Kier molecular flexibility index (Phi) is 4.31. The van der Waals surface area contributed by atoms with E-state index in [0.29, 0.717) is 0 Å². The van der Waals surface area contributed by atoms with Crippen LogP contribution >= 0.6 is 8.30 Å². The van der Waals surface area contributed by atoms with E-state index in [-0.39, 0.29) is 0 Å². The van der Waals surface area contributed by atoms with E-state index in [1.165, 1.54) is 0 Å². The molecule has 0 amide bonds. The molecule has 1 atom stereocenters. The lowest BCUT2D eigenvalue weighted by Gasteiger charge is -2.08. The molecule has 17 heavy (non-hydrogen) atoms. The van der Waals surface area contributed by atoms with Crippen LogP contribution in [-0.2, 0) is 0 Å². The molecule has 0 aromatic heterocycles. The number of rotatable bonds is 4. The zero-order chi connectivity index (χ0) is 11.9. The van der Waals surface area contributed by atoms with Gasteiger partial charge in [-0.1, -0.05) is 48.5 Å². The normalized spacial score (nSPS) is 12.5. The van der Waals surface area contributed by atoms with Crippen molar-refractivity contribution in [2.75, 3.05) is 0 Å². The average Bonchev–Trinajstić information content (AvgIpc) is 2.39. The molecule has 2 N–H and O–H groups in total. The van der Waals surface area contributed by atoms with Gasteiger partial charge in [0, 0.05) is 0 Å². The van der Waals surface area contributed by atoms with Gasteiger partial charge in [-0.15, -0.1) is 0 Å². The molecule has 2 nitrogen and oxygen atoms in total. The van der Waals surface area contributed by atoms with Crippen LogP contribution in [0.2, 0.25) is 0 Å². The molecule has 86 valence electrons. The summed E-state index contributed by atoms with van der Waals surface area (Å²) in [6.45, 7) is 0. The van der Waals surface area contributed by atoms with Crippen LogP contribution in [0.1, 0.15) is 5.56 Å². The molecule has 0 heterocycles. The number of benzene rings is 2. The molecule has 0 aliphatic heterocycles. The monoisotopic (exact) mass is 243 g/mol. The highest BCUT2D eigenvalue weighted by atomic mass is 31.2. The van der Waals surface area contributed by atoms with Crippen molar-refractivity contribution in [3.8, 4) is 5.75 Å². The minimum Gasteiger partial charge on any atom is -0.455 e. The van der Waals surface area contributed by atoms with Crippen molar-refractivity contribution < 1.29 is 4.52 Å². The van der Waals surface area contributed by atoms with Gasteiger partial charge in [-0.05, 0) is 29.6 Å². The first-order chi connectivity index (χ1) is 8.34. The van der Waals surface area contributed by atoms with Gasteiger partial charge in [-0.2, -0.15) is 0 Å². The number of para-hydroxylation sites is 1. The molecule has 0 aliphatic carbocycles. The Morgan fingerprint density at radius 1 is 0.882 bits per heavy atom. The summed E-state index contributed by atoms with van der Waals surface area (Å²) in [6, 6.07) is 19.7. The minimum atomic E-state index is -1.06. The largest absolute Gasteiger partial charge is 0.455 e. The van der Waals surface area contributed by atoms with E-state index in [0.717, 1.165) is 11.3 Å². The SMILES string of the molecule is NP(C=Cc1ccccc1)Oc1ccccc1. The summed E-state index contributed by atoms with van der Waals surface area (Å²) in [6.07, 6.45) is 1.98. The molecule has 0 radical (unpaired) electrons. The number of hydrogen-bond donors (Lipinski definition) is 1. The first-order valence-corrected chi connectivity index (χ1v) is 6.74. The lowest BCUT2D eigenvalue weighted by atomic mass is 10.2. The maximum atomic E-state index is 5.91. The third-order valence-electron chi connectivity index (χ3n) is 2.17. The molecular formula is C14H14NOP. The van der Waals surface area contributed by atoms with Gasteiger partial charge in [-0.3, -0.25) is 5.50 Å². The van der Waals surface area contributed by atoms with Gasteiger partial charge < -0.3 is 4.52 Å². The fraction of sp³-hybridized carbons (Fsp3) is 0. The Labute approximate surface area is 103 Å². The summed E-state index contributed by atoms with van der Waals surface area (Å²) in [5.41, 5.74) is 7.04. The zero-order valence-corrected chi connectivity index (χ0v) is 10.3. The van der Waals surface area contributed by atoms with Crippen LogP contribution in [0.15, 0.2) is 66.5 Å². The molecule has 2 aromatic carbocycles. The van der Waals surface area contributed by atoms with Crippen molar-refractivity contribution in [2.24, 2.45) is 5.50 Å². The van der Waals surface area contributed by atoms with Gasteiger partial charge in [0.1, 0.15) is 5.75 Å². The highest BCUT2D eigenvalue weighted by Gasteiger charge is 1.99. The van der Waals surface area contributed by atoms with Crippen molar-refractivity contribution in [1.82, 2.24) is 0 Å². The fourth-order valence-corrected chi connectivity index (χ4v) is 2.10. The average molecular weight is 243 g/mol. The lowest BCUT2D eigenvalue weighted by molar-refractivity contribution is 0.622. The van der Waals surface area contributed by atoms with E-state index in [1.807, 2.05) is 72.6 Å². The third kappa shape index (κ3) is 4.03. The predicted molar refractivity (Wildman–Crippen MR) is 73.7 cm³/mol. The van der Waals surface area contributed by atoms with Crippen LogP contribution in [0.4, 0.5) is 0 Å². The highest BCUT2D eigenvalue weighted by molar-refractivity contribution is 7.54. The Morgan fingerprint density at radius 2 is 1.47 bits per heavy atom. The summed E-state index contributed by atoms with van der Waals surface area (Å²) < 4.78 is 5.59. The predicted octanol–water partition coefficient (Wildman–Crippen LogP) is 4.01. The third-order valence-corrected chi connectivity index (χ3v) is 3.03. The molecule has 2 rings (SSSR count). The second kappa shape index (κ2) is 6.19. The second-order valence-electron chi connectivity index (χ2n) is 3.49. The van der Waals surface area contributed by atoms with Gasteiger partial charge in [0.05, 0.1) is 0 Å². The minimum absolute atomic E-state index is 0.804. The number of hydrogen-bond acceptors (Lipinski definition) is 2. The van der Waals surface area contributed by atoms with Gasteiger partial charge in [0.2, 0.25) is 0 Å². The topological polar surface area (TPSA) is 35.2 Å². The van der Waals surface area contributed by atoms with E-state index in [9.17, 15) is 0 Å². The Bertz CT molecular complexity index is 470. The molecule has 3 heteroatoms. The van der Waals surface area contributed by atoms with E-state index in [2.05, 4.69) is 0 Å². The first-order valence-electron chi connectivity index (χ1n) is 5.35. The Morgan fingerprint density at radius 3 is 2.12 bits per heavy atom. The summed E-state index contributed by atoms with van der Waals surface area (Å²) in [5, 5.41) is 0. The smallest absolute Gasteiger partial charge is 0.183 e. The van der Waals surface area contributed by atoms with Gasteiger partial charge in [-0.25, -0.2) is 0 Å². The maximum absolute atomic E-state index is 5.91. The molecule has 1 unspecified atom stereocenters. The summed E-state index contributed by atoms with van der Waals surface area (Å²) in [4.78, 5) is 0. The van der Waals surface area contributed by atoms with Crippen LogP contribution in [0, 0.1) is 0 Å². The van der Waals surface area contributed by atoms with Crippen molar-refractivity contribution in [1.29, 1.82) is 0 Å². The molecule has 0 aliphatic rings. The molecule has 0 fully saturated rings. The molecular weight excluding hydrogens is 229 g/mol. The molecule has 2 aromatic rings. The summed E-state index contributed by atoms with van der Waals surface area (Å²) >= 11 is 0. The summed E-state index contributed by atoms with van der Waals surface area (Å²) in [7, 11) is -1.06. The van der Waals surface area contributed by atoms with E-state index >= 15 is 0 Å². The molecule has 0 saturated carbocycles. The van der Waals surface area contributed by atoms with E-state index < -0.39 is 8.30 Å². The van der Waals surface area contributed by atoms with Gasteiger partial charge in [0.15, 0.2) is 8.30 Å². The molecule has 0 saturated heterocycles. The standard InChI is InChI=1S/C14H14NOP/c15-17(16-14-9-5-2-6-10-14)12-11-13-7-3-1-4-8-13/h1-12H,15H2. The van der Waals surface area contributed by atoms with Crippen molar-refractivity contribution in [3.63, 3.8) is 0 Å². The number of nitrogens with two attached hydrogens (primary N) is 1. The maximum Gasteiger partial charge on any atom is 0.183 e. The molecule has 0 bridgehead atoms. The second-order valence-corrected chi connectivity index (χ2v) is 4.69. The highest BCUT2D eigenvalue weighted by Crippen LogP contribution is 2.31. The quantitative estimate of drug-likeness (QED) is 0.823. The zero-order valence-electron chi connectivity index (χ0n) is 9.36. The summed E-state index contributed by atoms with van der Waals surface area (Å²) in [5.74, 6) is 2.70. The Hall–Kier alpha value is -1.63. The lowest BCUT2D eigenvalue weighted by Crippen LogP contribution is -1.93. The van der Waals surface area contributed by atoms with E-state index in [4.69, 9.17) is 10.0 Å². The van der Waals surface area contributed by atoms with Crippen molar-refractivity contribution in [2.45, 2.75) is 0 Å². The Balaban J connectivity index is 1.94. The van der Waals surface area contributed by atoms with E-state index in [1.54, 1.807) is 0 Å². The van der Waals surface area contributed by atoms with Crippen LogP contribution in [0.25, 0.3) is 6.08 Å². The van der Waals surface area contributed by atoms with Gasteiger partial charge in [0.25, 0.3) is 0 Å². The first kappa shape index (κ1) is 11.8. The van der Waals surface area contributed by atoms with Crippen molar-refractivity contribution >= 4 is 14.4 Å². The van der Waals surface area contributed by atoms with Gasteiger partial charge >= 0.3 is 0 Å². The van der Waals surface area contributed by atoms with Crippen LogP contribution in [0.5, 0.6) is 5.75 Å². The van der Waals surface area contributed by atoms with Crippen LogP contribution in [-0.4, -0.2) is 0 Å². The van der Waals surface area contributed by atoms with Crippen LogP contribution in [0.3, 0.4) is 0 Å². The van der Waals surface area contributed by atoms with Crippen LogP contribution < -0.4 is 10.0 Å². The molecule has 0 spiro atoms. The fourth-order valence-electron chi connectivity index (χ4n) is 1.36. The van der Waals surface area contributed by atoms with Crippen molar-refractivity contribution in [3.05, 3.63) is 72.0 Å².